The Morgan fingerprint density at radius 1 is 1.37 bits per heavy atom. The standard InChI is InChI=1S/C16H23NO2/c1-12-6-8-14(9-7-12)16(19)13(2)17(10-11-18)15-4-3-5-15/h6-9,13,15,18H,3-5,10-11H2,1-2H3. The van der Waals surface area contributed by atoms with Crippen molar-refractivity contribution in [2.24, 2.45) is 0 Å². The van der Waals surface area contributed by atoms with Crippen LogP contribution in [0.15, 0.2) is 24.3 Å². The molecule has 3 nitrogen and oxygen atoms in total. The highest BCUT2D eigenvalue weighted by molar-refractivity contribution is 5.99. The molecule has 1 fully saturated rings. The first kappa shape index (κ1) is 14.2. The summed E-state index contributed by atoms with van der Waals surface area (Å²) in [6.45, 7) is 4.67. The van der Waals surface area contributed by atoms with Gasteiger partial charge in [-0.3, -0.25) is 9.69 Å². The lowest BCUT2D eigenvalue weighted by atomic mass is 9.89. The molecule has 1 aliphatic carbocycles. The van der Waals surface area contributed by atoms with Crippen LogP contribution in [0.4, 0.5) is 0 Å². The molecule has 0 aliphatic heterocycles. The van der Waals surface area contributed by atoms with Gasteiger partial charge in [-0.2, -0.15) is 0 Å². The van der Waals surface area contributed by atoms with E-state index in [1.165, 1.54) is 6.42 Å². The van der Waals surface area contributed by atoms with E-state index < -0.39 is 0 Å². The summed E-state index contributed by atoms with van der Waals surface area (Å²) in [7, 11) is 0. The Bertz CT molecular complexity index is 423. The number of benzene rings is 1. The molecule has 1 aromatic carbocycles. The number of carbonyl (C=O) groups is 1. The lowest BCUT2D eigenvalue weighted by Gasteiger charge is -2.40. The third-order valence-corrected chi connectivity index (χ3v) is 4.11. The Kier molecular flexibility index (Phi) is 4.72. The summed E-state index contributed by atoms with van der Waals surface area (Å²) < 4.78 is 0. The normalized spacial score (nSPS) is 17.3. The number of nitrogens with zero attached hydrogens (tertiary/aromatic N) is 1. The molecule has 1 aliphatic rings. The molecule has 2 rings (SSSR count). The molecule has 0 radical (unpaired) electrons. The number of Topliss-reactive ketones (excluding diaryl/α,β-unsaturated/α-hetero) is 1. The van der Waals surface area contributed by atoms with E-state index in [4.69, 9.17) is 0 Å². The summed E-state index contributed by atoms with van der Waals surface area (Å²) in [5.41, 5.74) is 1.93. The number of rotatable bonds is 6. The number of aliphatic hydroxyl groups is 1. The molecular formula is C16H23NO2. The maximum absolute atomic E-state index is 12.5. The van der Waals surface area contributed by atoms with Crippen molar-refractivity contribution < 1.29 is 9.90 Å². The van der Waals surface area contributed by atoms with Gasteiger partial charge in [0.25, 0.3) is 0 Å². The van der Waals surface area contributed by atoms with Gasteiger partial charge in [-0.15, -0.1) is 0 Å². The summed E-state index contributed by atoms with van der Waals surface area (Å²) in [6.07, 6.45) is 3.52. The fourth-order valence-electron chi connectivity index (χ4n) is 2.64. The Balaban J connectivity index is 2.09. The molecule has 1 unspecified atom stereocenters. The molecular weight excluding hydrogens is 238 g/mol. The van der Waals surface area contributed by atoms with Crippen LogP contribution in [0.1, 0.15) is 42.1 Å². The van der Waals surface area contributed by atoms with E-state index in [9.17, 15) is 9.90 Å². The number of hydrogen-bond acceptors (Lipinski definition) is 3. The zero-order chi connectivity index (χ0) is 13.8. The van der Waals surface area contributed by atoms with Gasteiger partial charge in [0, 0.05) is 18.2 Å². The predicted molar refractivity (Wildman–Crippen MR) is 76.4 cm³/mol. The molecule has 0 bridgehead atoms. The van der Waals surface area contributed by atoms with Crippen molar-refractivity contribution in [3.63, 3.8) is 0 Å². The van der Waals surface area contributed by atoms with Gasteiger partial charge < -0.3 is 5.11 Å². The fraction of sp³-hybridized carbons (Fsp3) is 0.562. The largest absolute Gasteiger partial charge is 0.395 e. The first-order chi connectivity index (χ1) is 9.13. The zero-order valence-electron chi connectivity index (χ0n) is 11.8. The number of carbonyl (C=O) groups excluding carboxylic acids is 1. The van der Waals surface area contributed by atoms with Gasteiger partial charge in [-0.1, -0.05) is 36.2 Å². The average molecular weight is 261 g/mol. The van der Waals surface area contributed by atoms with Crippen LogP contribution in [-0.4, -0.2) is 41.0 Å². The Labute approximate surface area is 115 Å². The van der Waals surface area contributed by atoms with Gasteiger partial charge in [0.05, 0.1) is 12.6 Å². The minimum Gasteiger partial charge on any atom is -0.395 e. The van der Waals surface area contributed by atoms with Crippen LogP contribution in [0.2, 0.25) is 0 Å². The van der Waals surface area contributed by atoms with Gasteiger partial charge in [0.2, 0.25) is 0 Å². The fourth-order valence-corrected chi connectivity index (χ4v) is 2.64. The number of ketones is 1. The van der Waals surface area contributed by atoms with Crippen molar-refractivity contribution in [2.45, 2.75) is 45.2 Å². The Hall–Kier alpha value is -1.19. The first-order valence-corrected chi connectivity index (χ1v) is 7.11. The van der Waals surface area contributed by atoms with Crippen molar-refractivity contribution in [3.05, 3.63) is 35.4 Å². The Morgan fingerprint density at radius 2 is 2.00 bits per heavy atom. The highest BCUT2D eigenvalue weighted by atomic mass is 16.3. The minimum absolute atomic E-state index is 0.113. The molecule has 1 N–H and O–H groups in total. The van der Waals surface area contributed by atoms with E-state index in [0.29, 0.717) is 12.6 Å². The van der Waals surface area contributed by atoms with Crippen molar-refractivity contribution in [3.8, 4) is 0 Å². The van der Waals surface area contributed by atoms with Crippen molar-refractivity contribution in [1.29, 1.82) is 0 Å². The number of aryl methyl sites for hydroxylation is 1. The average Bonchev–Trinajstić information content (AvgIpc) is 2.35. The number of hydrogen-bond donors (Lipinski definition) is 1. The van der Waals surface area contributed by atoms with E-state index in [-0.39, 0.29) is 18.4 Å². The molecule has 104 valence electrons. The summed E-state index contributed by atoms with van der Waals surface area (Å²) in [6, 6.07) is 8.05. The summed E-state index contributed by atoms with van der Waals surface area (Å²) in [5, 5.41) is 9.19. The summed E-state index contributed by atoms with van der Waals surface area (Å²) in [4.78, 5) is 14.7. The second kappa shape index (κ2) is 6.31. The molecule has 1 saturated carbocycles. The molecule has 0 aromatic heterocycles. The lowest BCUT2D eigenvalue weighted by Crippen LogP contribution is -2.49. The minimum atomic E-state index is -0.153. The SMILES string of the molecule is Cc1ccc(C(=O)C(C)N(CCO)C2CCC2)cc1. The van der Waals surface area contributed by atoms with Crippen LogP contribution >= 0.6 is 0 Å². The quantitative estimate of drug-likeness (QED) is 0.799. The monoisotopic (exact) mass is 261 g/mol. The van der Waals surface area contributed by atoms with E-state index in [2.05, 4.69) is 4.90 Å². The predicted octanol–water partition coefficient (Wildman–Crippen LogP) is 2.41. The highest BCUT2D eigenvalue weighted by Gasteiger charge is 2.31. The third-order valence-electron chi connectivity index (χ3n) is 4.11. The molecule has 0 saturated heterocycles. The third kappa shape index (κ3) is 3.23. The van der Waals surface area contributed by atoms with Crippen LogP contribution in [0, 0.1) is 6.92 Å². The lowest BCUT2D eigenvalue weighted by molar-refractivity contribution is 0.0528. The molecule has 3 heteroatoms. The van der Waals surface area contributed by atoms with Crippen LogP contribution in [-0.2, 0) is 0 Å². The Morgan fingerprint density at radius 3 is 2.47 bits per heavy atom. The number of aliphatic hydroxyl groups excluding tert-OH is 1. The smallest absolute Gasteiger partial charge is 0.179 e. The molecule has 19 heavy (non-hydrogen) atoms. The van der Waals surface area contributed by atoms with Crippen LogP contribution in [0.3, 0.4) is 0 Å². The zero-order valence-corrected chi connectivity index (χ0v) is 11.8. The van der Waals surface area contributed by atoms with Crippen molar-refractivity contribution in [1.82, 2.24) is 4.90 Å². The van der Waals surface area contributed by atoms with E-state index >= 15 is 0 Å². The second-order valence-electron chi connectivity index (χ2n) is 5.45. The van der Waals surface area contributed by atoms with E-state index in [1.807, 2.05) is 38.1 Å². The van der Waals surface area contributed by atoms with Crippen molar-refractivity contribution >= 4 is 5.78 Å². The highest BCUT2D eigenvalue weighted by Crippen LogP contribution is 2.27. The molecule has 0 spiro atoms. The van der Waals surface area contributed by atoms with Crippen LogP contribution in [0.5, 0.6) is 0 Å². The van der Waals surface area contributed by atoms with Gasteiger partial charge in [0.1, 0.15) is 0 Å². The van der Waals surface area contributed by atoms with Crippen LogP contribution < -0.4 is 0 Å². The van der Waals surface area contributed by atoms with E-state index in [1.54, 1.807) is 0 Å². The topological polar surface area (TPSA) is 40.5 Å². The second-order valence-corrected chi connectivity index (χ2v) is 5.45. The maximum atomic E-state index is 12.5. The maximum Gasteiger partial charge on any atom is 0.179 e. The van der Waals surface area contributed by atoms with Crippen molar-refractivity contribution in [2.75, 3.05) is 13.2 Å². The molecule has 0 heterocycles. The molecule has 1 atom stereocenters. The van der Waals surface area contributed by atoms with Gasteiger partial charge in [-0.05, 0) is 26.7 Å². The van der Waals surface area contributed by atoms with Gasteiger partial charge in [-0.25, -0.2) is 0 Å². The molecule has 0 amide bonds. The summed E-state index contributed by atoms with van der Waals surface area (Å²) in [5.74, 6) is 0.153. The molecule has 1 aromatic rings. The summed E-state index contributed by atoms with van der Waals surface area (Å²) >= 11 is 0. The van der Waals surface area contributed by atoms with Gasteiger partial charge in [0.15, 0.2) is 5.78 Å². The van der Waals surface area contributed by atoms with E-state index in [0.717, 1.165) is 24.0 Å². The van der Waals surface area contributed by atoms with Gasteiger partial charge >= 0.3 is 0 Å². The van der Waals surface area contributed by atoms with Crippen LogP contribution in [0.25, 0.3) is 0 Å². The first-order valence-electron chi connectivity index (χ1n) is 7.11.